The Kier molecular flexibility index (Phi) is 5.08. The number of fused-ring (bicyclic) bond motifs is 1. The molecule has 1 atom stereocenters. The van der Waals surface area contributed by atoms with E-state index in [-0.39, 0.29) is 24.4 Å². The van der Waals surface area contributed by atoms with Gasteiger partial charge in [-0.25, -0.2) is 4.98 Å². The van der Waals surface area contributed by atoms with E-state index in [0.717, 1.165) is 23.4 Å². The summed E-state index contributed by atoms with van der Waals surface area (Å²) in [4.78, 5) is 28.6. The van der Waals surface area contributed by atoms with Crippen LogP contribution in [0, 0.1) is 5.92 Å². The van der Waals surface area contributed by atoms with Gasteiger partial charge >= 0.3 is 5.97 Å². The number of thiazole rings is 1. The Labute approximate surface area is 121 Å². The molecule has 0 fully saturated rings. The van der Waals surface area contributed by atoms with E-state index in [2.05, 4.69) is 10.3 Å². The number of hydrogen-bond acceptors (Lipinski definition) is 6. The van der Waals surface area contributed by atoms with Gasteiger partial charge < -0.3 is 9.47 Å². The van der Waals surface area contributed by atoms with Crippen LogP contribution in [0.2, 0.25) is 0 Å². The zero-order chi connectivity index (χ0) is 14.5. The van der Waals surface area contributed by atoms with Gasteiger partial charge in [-0.1, -0.05) is 0 Å². The first kappa shape index (κ1) is 14.9. The van der Waals surface area contributed by atoms with Gasteiger partial charge in [-0.05, 0) is 26.2 Å². The summed E-state index contributed by atoms with van der Waals surface area (Å²) >= 11 is 1.42. The molecule has 1 unspecified atom stereocenters. The SMILES string of the molecule is CCOC(=O)C1CCc2nc(NC(=O)COC)sc2C1. The summed E-state index contributed by atoms with van der Waals surface area (Å²) < 4.78 is 9.82. The maximum Gasteiger partial charge on any atom is 0.309 e. The lowest BCUT2D eigenvalue weighted by molar-refractivity contribution is -0.148. The van der Waals surface area contributed by atoms with Crippen molar-refractivity contribution in [1.82, 2.24) is 4.98 Å². The van der Waals surface area contributed by atoms with Crippen molar-refractivity contribution in [1.29, 1.82) is 0 Å². The first-order valence-corrected chi connectivity index (χ1v) is 7.39. The predicted molar refractivity (Wildman–Crippen MR) is 74.8 cm³/mol. The van der Waals surface area contributed by atoms with Gasteiger partial charge in [0.2, 0.25) is 0 Å². The number of methoxy groups -OCH3 is 1. The molecule has 0 saturated carbocycles. The highest BCUT2D eigenvalue weighted by molar-refractivity contribution is 7.15. The van der Waals surface area contributed by atoms with Crippen molar-refractivity contribution in [3.05, 3.63) is 10.6 Å². The van der Waals surface area contributed by atoms with Crippen molar-refractivity contribution in [2.45, 2.75) is 26.2 Å². The Bertz CT molecular complexity index is 501. The largest absolute Gasteiger partial charge is 0.466 e. The molecule has 0 radical (unpaired) electrons. The van der Waals surface area contributed by atoms with Gasteiger partial charge in [0.1, 0.15) is 6.61 Å². The van der Waals surface area contributed by atoms with Gasteiger partial charge in [0.05, 0.1) is 18.2 Å². The quantitative estimate of drug-likeness (QED) is 0.831. The second-order valence-corrected chi connectivity index (χ2v) is 5.65. The Hall–Kier alpha value is -1.47. The van der Waals surface area contributed by atoms with Crippen LogP contribution in [0.25, 0.3) is 0 Å². The molecule has 0 bridgehead atoms. The van der Waals surface area contributed by atoms with Crippen molar-refractivity contribution in [2.75, 3.05) is 25.6 Å². The summed E-state index contributed by atoms with van der Waals surface area (Å²) in [6.45, 7) is 2.22. The number of carbonyl (C=O) groups excluding carboxylic acids is 2. The van der Waals surface area contributed by atoms with Gasteiger partial charge in [0.25, 0.3) is 5.91 Å². The average Bonchev–Trinajstić information content (AvgIpc) is 2.80. The third kappa shape index (κ3) is 3.55. The Morgan fingerprint density at radius 2 is 2.30 bits per heavy atom. The number of aromatic nitrogens is 1. The van der Waals surface area contributed by atoms with Crippen LogP contribution < -0.4 is 5.32 Å². The maximum absolute atomic E-state index is 11.8. The molecule has 1 aromatic rings. The third-order valence-electron chi connectivity index (χ3n) is 3.08. The van der Waals surface area contributed by atoms with Crippen LogP contribution in [0.15, 0.2) is 0 Å². The van der Waals surface area contributed by atoms with E-state index in [4.69, 9.17) is 9.47 Å². The summed E-state index contributed by atoms with van der Waals surface area (Å²) in [5, 5.41) is 3.27. The van der Waals surface area contributed by atoms with Crippen LogP contribution >= 0.6 is 11.3 Å². The molecule has 1 heterocycles. The lowest BCUT2D eigenvalue weighted by Gasteiger charge is -2.18. The van der Waals surface area contributed by atoms with Crippen LogP contribution in [0.4, 0.5) is 5.13 Å². The smallest absolute Gasteiger partial charge is 0.309 e. The summed E-state index contributed by atoms with van der Waals surface area (Å²) in [5.41, 5.74) is 0.975. The highest BCUT2D eigenvalue weighted by Crippen LogP contribution is 2.32. The molecule has 1 amide bonds. The zero-order valence-corrected chi connectivity index (χ0v) is 12.4. The number of aryl methyl sites for hydroxylation is 1. The van der Waals surface area contributed by atoms with Crippen molar-refractivity contribution >= 4 is 28.3 Å². The molecule has 6 nitrogen and oxygen atoms in total. The second-order valence-electron chi connectivity index (χ2n) is 4.56. The fourth-order valence-corrected chi connectivity index (χ4v) is 3.28. The van der Waals surface area contributed by atoms with E-state index >= 15 is 0 Å². The molecule has 0 aliphatic heterocycles. The maximum atomic E-state index is 11.8. The number of anilines is 1. The minimum absolute atomic E-state index is 0.00962. The highest BCUT2D eigenvalue weighted by atomic mass is 32.1. The Morgan fingerprint density at radius 3 is 3.00 bits per heavy atom. The van der Waals surface area contributed by atoms with Crippen LogP contribution in [-0.4, -0.2) is 37.2 Å². The molecule has 1 aliphatic carbocycles. The molecule has 1 aliphatic rings. The van der Waals surface area contributed by atoms with Gasteiger partial charge in [0.15, 0.2) is 5.13 Å². The van der Waals surface area contributed by atoms with Crippen molar-refractivity contribution < 1.29 is 19.1 Å². The fraction of sp³-hybridized carbons (Fsp3) is 0.615. The second kappa shape index (κ2) is 6.81. The number of esters is 1. The van der Waals surface area contributed by atoms with E-state index < -0.39 is 0 Å². The number of hydrogen-bond donors (Lipinski definition) is 1. The normalized spacial score (nSPS) is 17.4. The van der Waals surface area contributed by atoms with Crippen LogP contribution in [0.1, 0.15) is 23.9 Å². The number of rotatable bonds is 5. The Morgan fingerprint density at radius 1 is 1.50 bits per heavy atom. The van der Waals surface area contributed by atoms with Gasteiger partial charge in [-0.2, -0.15) is 0 Å². The molecule has 1 N–H and O–H groups in total. The zero-order valence-electron chi connectivity index (χ0n) is 11.6. The van der Waals surface area contributed by atoms with Crippen molar-refractivity contribution in [2.24, 2.45) is 5.92 Å². The molecular formula is C13H18N2O4S. The fourth-order valence-electron chi connectivity index (χ4n) is 2.18. The summed E-state index contributed by atoms with van der Waals surface area (Å²) in [5.74, 6) is -0.456. The number of nitrogens with zero attached hydrogens (tertiary/aromatic N) is 1. The van der Waals surface area contributed by atoms with Crippen LogP contribution in [0.3, 0.4) is 0 Å². The van der Waals surface area contributed by atoms with Crippen LogP contribution in [-0.2, 0) is 31.9 Å². The van der Waals surface area contributed by atoms with Gasteiger partial charge in [-0.3, -0.25) is 14.9 Å². The van der Waals surface area contributed by atoms with E-state index in [1.807, 2.05) is 6.92 Å². The average molecular weight is 298 g/mol. The van der Waals surface area contributed by atoms with E-state index in [1.54, 1.807) is 0 Å². The molecule has 0 saturated heterocycles. The molecule has 2 rings (SSSR count). The van der Waals surface area contributed by atoms with Crippen molar-refractivity contribution in [3.63, 3.8) is 0 Å². The highest BCUT2D eigenvalue weighted by Gasteiger charge is 2.28. The third-order valence-corrected chi connectivity index (χ3v) is 4.12. The molecular weight excluding hydrogens is 280 g/mol. The van der Waals surface area contributed by atoms with E-state index in [1.165, 1.54) is 18.4 Å². The molecule has 110 valence electrons. The number of carbonyl (C=O) groups is 2. The molecule has 20 heavy (non-hydrogen) atoms. The molecule has 1 aromatic heterocycles. The Balaban J connectivity index is 2.00. The minimum Gasteiger partial charge on any atom is -0.466 e. The van der Waals surface area contributed by atoms with Crippen LogP contribution in [0.5, 0.6) is 0 Å². The van der Waals surface area contributed by atoms with Crippen molar-refractivity contribution in [3.8, 4) is 0 Å². The topological polar surface area (TPSA) is 77.5 Å². The summed E-state index contributed by atoms with van der Waals surface area (Å²) in [7, 11) is 1.47. The summed E-state index contributed by atoms with van der Waals surface area (Å²) in [6.07, 6.45) is 2.14. The lowest BCUT2D eigenvalue weighted by Crippen LogP contribution is -2.24. The predicted octanol–water partition coefficient (Wildman–Crippen LogP) is 1.40. The first-order valence-electron chi connectivity index (χ1n) is 6.58. The molecule has 0 spiro atoms. The number of amides is 1. The standard InChI is InChI=1S/C13H18N2O4S/c1-3-19-12(17)8-4-5-9-10(6-8)20-13(14-9)15-11(16)7-18-2/h8H,3-7H2,1-2H3,(H,14,15,16). The first-order chi connectivity index (χ1) is 9.63. The van der Waals surface area contributed by atoms with Gasteiger partial charge in [0, 0.05) is 12.0 Å². The molecule has 0 aromatic carbocycles. The molecule has 7 heteroatoms. The van der Waals surface area contributed by atoms with E-state index in [9.17, 15) is 9.59 Å². The number of ether oxygens (including phenoxy) is 2. The lowest BCUT2D eigenvalue weighted by atomic mass is 9.91. The monoisotopic (exact) mass is 298 g/mol. The number of nitrogens with one attached hydrogen (secondary N) is 1. The minimum atomic E-state index is -0.222. The summed E-state index contributed by atoms with van der Waals surface area (Å²) in [6, 6.07) is 0. The van der Waals surface area contributed by atoms with Gasteiger partial charge in [-0.15, -0.1) is 11.3 Å². The van der Waals surface area contributed by atoms with E-state index in [0.29, 0.717) is 18.2 Å².